The van der Waals surface area contributed by atoms with Gasteiger partial charge in [-0.15, -0.1) is 0 Å². The smallest absolute Gasteiger partial charge is 0.331 e. The van der Waals surface area contributed by atoms with Crippen LogP contribution < -0.4 is 10.6 Å². The van der Waals surface area contributed by atoms with Gasteiger partial charge in [0.2, 0.25) is 11.8 Å². The lowest BCUT2D eigenvalue weighted by Crippen LogP contribution is -2.59. The van der Waals surface area contributed by atoms with Crippen LogP contribution in [0.1, 0.15) is 51.9 Å². The monoisotopic (exact) mass is 326 g/mol. The molecule has 3 N–H and O–H groups in total. The van der Waals surface area contributed by atoms with Crippen LogP contribution in [0.15, 0.2) is 0 Å². The van der Waals surface area contributed by atoms with Crippen molar-refractivity contribution in [1.82, 2.24) is 10.6 Å². The van der Waals surface area contributed by atoms with Crippen molar-refractivity contribution in [2.45, 2.75) is 63.5 Å². The van der Waals surface area contributed by atoms with Crippen LogP contribution in [0, 0.1) is 5.92 Å². The van der Waals surface area contributed by atoms with E-state index in [9.17, 15) is 19.5 Å². The number of aliphatic carboxylic acids is 1. The molecule has 2 rings (SSSR count). The fourth-order valence-electron chi connectivity index (χ4n) is 3.25. The first-order valence-corrected chi connectivity index (χ1v) is 8.35. The highest BCUT2D eigenvalue weighted by atomic mass is 16.5. The molecule has 1 aliphatic carbocycles. The molecule has 0 spiro atoms. The van der Waals surface area contributed by atoms with Crippen molar-refractivity contribution < 1.29 is 24.2 Å². The Balaban J connectivity index is 1.81. The predicted octanol–water partition coefficient (Wildman–Crippen LogP) is 0.821. The second-order valence-electron chi connectivity index (χ2n) is 6.68. The number of ether oxygens (including phenoxy) is 1. The van der Waals surface area contributed by atoms with E-state index in [2.05, 4.69) is 10.6 Å². The third-order valence-electron chi connectivity index (χ3n) is 4.76. The largest absolute Gasteiger partial charge is 0.479 e. The van der Waals surface area contributed by atoms with Crippen LogP contribution in [0.5, 0.6) is 0 Å². The molecule has 1 saturated heterocycles. The van der Waals surface area contributed by atoms with Crippen molar-refractivity contribution in [2.75, 3.05) is 13.2 Å². The molecule has 1 heterocycles. The molecule has 2 aliphatic rings. The Kier molecular flexibility index (Phi) is 5.98. The van der Waals surface area contributed by atoms with Gasteiger partial charge in [-0.2, -0.15) is 0 Å². The Morgan fingerprint density at radius 1 is 1.26 bits per heavy atom. The number of carboxylic acid groups (broad SMARTS) is 1. The minimum absolute atomic E-state index is 0.0448. The SMILES string of the molecule is CC(NC(=O)CC1CCCCC1)C(=O)NC1(C(=O)O)CCOC1. The molecule has 2 fully saturated rings. The van der Waals surface area contributed by atoms with Gasteiger partial charge in [0.1, 0.15) is 6.04 Å². The van der Waals surface area contributed by atoms with E-state index in [0.717, 1.165) is 25.7 Å². The fourth-order valence-corrected chi connectivity index (χ4v) is 3.25. The van der Waals surface area contributed by atoms with Gasteiger partial charge in [0, 0.05) is 19.4 Å². The molecule has 0 aromatic carbocycles. The van der Waals surface area contributed by atoms with Gasteiger partial charge >= 0.3 is 5.97 Å². The van der Waals surface area contributed by atoms with Crippen LogP contribution in [0.2, 0.25) is 0 Å². The highest BCUT2D eigenvalue weighted by Gasteiger charge is 2.44. The average molecular weight is 326 g/mol. The summed E-state index contributed by atoms with van der Waals surface area (Å²) in [6.45, 7) is 1.82. The van der Waals surface area contributed by atoms with E-state index in [1.807, 2.05) is 0 Å². The van der Waals surface area contributed by atoms with Crippen molar-refractivity contribution in [1.29, 1.82) is 0 Å². The van der Waals surface area contributed by atoms with Gasteiger partial charge in [-0.05, 0) is 25.7 Å². The Morgan fingerprint density at radius 2 is 1.96 bits per heavy atom. The first-order chi connectivity index (χ1) is 10.9. The summed E-state index contributed by atoms with van der Waals surface area (Å²) >= 11 is 0. The molecule has 1 aliphatic heterocycles. The van der Waals surface area contributed by atoms with Crippen LogP contribution in [0.25, 0.3) is 0 Å². The molecule has 7 heteroatoms. The summed E-state index contributed by atoms with van der Waals surface area (Å²) in [5.74, 6) is -1.35. The minimum Gasteiger partial charge on any atom is -0.479 e. The summed E-state index contributed by atoms with van der Waals surface area (Å²) in [7, 11) is 0. The number of nitrogens with one attached hydrogen (secondary N) is 2. The molecule has 130 valence electrons. The maximum Gasteiger partial charge on any atom is 0.331 e. The number of carboxylic acids is 1. The molecule has 2 unspecified atom stereocenters. The van der Waals surface area contributed by atoms with E-state index in [1.54, 1.807) is 6.92 Å². The predicted molar refractivity (Wildman–Crippen MR) is 82.7 cm³/mol. The standard InChI is InChI=1S/C16H26N2O5/c1-11(17-13(19)9-12-5-3-2-4-6-12)14(20)18-16(15(21)22)7-8-23-10-16/h11-12H,2-10H2,1H3,(H,17,19)(H,18,20)(H,21,22). The average Bonchev–Trinajstić information content (AvgIpc) is 2.98. The molecule has 7 nitrogen and oxygen atoms in total. The Hall–Kier alpha value is -1.63. The molecule has 1 saturated carbocycles. The lowest BCUT2D eigenvalue weighted by Gasteiger charge is -2.26. The van der Waals surface area contributed by atoms with Gasteiger partial charge in [0.05, 0.1) is 6.61 Å². The maximum absolute atomic E-state index is 12.2. The topological polar surface area (TPSA) is 105 Å². The van der Waals surface area contributed by atoms with E-state index in [0.29, 0.717) is 18.9 Å². The zero-order chi connectivity index (χ0) is 16.9. The van der Waals surface area contributed by atoms with Crippen LogP contribution in [-0.4, -0.2) is 47.7 Å². The number of rotatable bonds is 6. The summed E-state index contributed by atoms with van der Waals surface area (Å²) in [5.41, 5.74) is -1.38. The normalized spacial score (nSPS) is 26.5. The highest BCUT2D eigenvalue weighted by molar-refractivity contribution is 5.92. The molecule has 0 radical (unpaired) electrons. The highest BCUT2D eigenvalue weighted by Crippen LogP contribution is 2.26. The zero-order valence-corrected chi connectivity index (χ0v) is 13.6. The molecule has 2 atom stereocenters. The number of carbonyl (C=O) groups excluding carboxylic acids is 2. The molecular weight excluding hydrogens is 300 g/mol. The molecule has 2 amide bonds. The maximum atomic E-state index is 12.2. The van der Waals surface area contributed by atoms with Crippen molar-refractivity contribution in [3.05, 3.63) is 0 Å². The molecule has 0 bridgehead atoms. The van der Waals surface area contributed by atoms with Gasteiger partial charge in [0.15, 0.2) is 5.54 Å². The number of hydrogen-bond donors (Lipinski definition) is 3. The molecule has 23 heavy (non-hydrogen) atoms. The van der Waals surface area contributed by atoms with Crippen LogP contribution in [-0.2, 0) is 19.1 Å². The summed E-state index contributed by atoms with van der Waals surface area (Å²) in [6.07, 6.45) is 6.35. The Morgan fingerprint density at radius 3 is 2.52 bits per heavy atom. The lowest BCUT2D eigenvalue weighted by atomic mass is 9.87. The van der Waals surface area contributed by atoms with Crippen molar-refractivity contribution >= 4 is 17.8 Å². The van der Waals surface area contributed by atoms with Crippen LogP contribution in [0.3, 0.4) is 0 Å². The third-order valence-corrected chi connectivity index (χ3v) is 4.76. The Labute approximate surface area is 136 Å². The van der Waals surface area contributed by atoms with Gasteiger partial charge in [-0.3, -0.25) is 9.59 Å². The van der Waals surface area contributed by atoms with Crippen molar-refractivity contribution in [2.24, 2.45) is 5.92 Å². The summed E-state index contributed by atoms with van der Waals surface area (Å²) < 4.78 is 5.10. The van der Waals surface area contributed by atoms with E-state index >= 15 is 0 Å². The number of hydrogen-bond acceptors (Lipinski definition) is 4. The van der Waals surface area contributed by atoms with E-state index in [-0.39, 0.29) is 18.9 Å². The van der Waals surface area contributed by atoms with E-state index < -0.39 is 23.5 Å². The molecular formula is C16H26N2O5. The second-order valence-corrected chi connectivity index (χ2v) is 6.68. The van der Waals surface area contributed by atoms with Gasteiger partial charge in [-0.25, -0.2) is 4.79 Å². The van der Waals surface area contributed by atoms with Gasteiger partial charge in [0.25, 0.3) is 0 Å². The second kappa shape index (κ2) is 7.77. The van der Waals surface area contributed by atoms with Crippen LogP contribution >= 0.6 is 0 Å². The lowest BCUT2D eigenvalue weighted by molar-refractivity contribution is -0.148. The van der Waals surface area contributed by atoms with Crippen molar-refractivity contribution in [3.63, 3.8) is 0 Å². The first kappa shape index (κ1) is 17.7. The molecule has 0 aromatic rings. The van der Waals surface area contributed by atoms with Gasteiger partial charge < -0.3 is 20.5 Å². The summed E-state index contributed by atoms with van der Waals surface area (Å²) in [6, 6.07) is -0.761. The first-order valence-electron chi connectivity index (χ1n) is 8.35. The summed E-state index contributed by atoms with van der Waals surface area (Å²) in [4.78, 5) is 35.6. The Bertz CT molecular complexity index is 453. The number of carbonyl (C=O) groups is 3. The minimum atomic E-state index is -1.38. The van der Waals surface area contributed by atoms with E-state index in [4.69, 9.17) is 4.74 Å². The van der Waals surface area contributed by atoms with Crippen molar-refractivity contribution in [3.8, 4) is 0 Å². The molecule has 0 aromatic heterocycles. The van der Waals surface area contributed by atoms with E-state index in [1.165, 1.54) is 6.42 Å². The number of amides is 2. The summed E-state index contributed by atoms with van der Waals surface area (Å²) in [5, 5.41) is 14.5. The fraction of sp³-hybridized carbons (Fsp3) is 0.812. The van der Waals surface area contributed by atoms with Crippen LogP contribution in [0.4, 0.5) is 0 Å². The zero-order valence-electron chi connectivity index (χ0n) is 13.6. The van der Waals surface area contributed by atoms with Gasteiger partial charge in [-0.1, -0.05) is 19.3 Å². The third kappa shape index (κ3) is 4.67. The quantitative estimate of drug-likeness (QED) is 0.670.